The van der Waals surface area contributed by atoms with Crippen molar-refractivity contribution in [1.29, 1.82) is 0 Å². The van der Waals surface area contributed by atoms with Crippen LogP contribution < -0.4 is 20.1 Å². The van der Waals surface area contributed by atoms with Crippen molar-refractivity contribution < 1.29 is 19.1 Å². The van der Waals surface area contributed by atoms with E-state index >= 15 is 0 Å². The smallest absolute Gasteiger partial charge is 0.263 e. The summed E-state index contributed by atoms with van der Waals surface area (Å²) in [7, 11) is 0. The molecule has 0 radical (unpaired) electrons. The molecular weight excluding hydrogens is 310 g/mol. The SMILES string of the molecule is CCOc1ccc(CC(=O)Nc2ccc3c(n2)NC(=O)CO3)cc1. The topological polar surface area (TPSA) is 89.5 Å². The predicted octanol–water partition coefficient (Wildman–Crippen LogP) is 1.99. The Labute approximate surface area is 139 Å². The van der Waals surface area contributed by atoms with Gasteiger partial charge in [0.1, 0.15) is 11.6 Å². The fraction of sp³-hybridized carbons (Fsp3) is 0.235. The number of fused-ring (bicyclic) bond motifs is 1. The molecule has 3 rings (SSSR count). The second-order valence-electron chi connectivity index (χ2n) is 5.18. The Morgan fingerprint density at radius 1 is 1.29 bits per heavy atom. The van der Waals surface area contributed by atoms with Gasteiger partial charge in [0.2, 0.25) is 5.91 Å². The van der Waals surface area contributed by atoms with E-state index in [1.165, 1.54) is 0 Å². The van der Waals surface area contributed by atoms with Gasteiger partial charge in [-0.1, -0.05) is 12.1 Å². The van der Waals surface area contributed by atoms with Gasteiger partial charge in [-0.25, -0.2) is 4.98 Å². The normalized spacial score (nSPS) is 12.6. The number of carbonyl (C=O) groups is 2. The van der Waals surface area contributed by atoms with E-state index in [4.69, 9.17) is 9.47 Å². The number of hydrogen-bond donors (Lipinski definition) is 2. The number of amides is 2. The lowest BCUT2D eigenvalue weighted by atomic mass is 10.1. The van der Waals surface area contributed by atoms with E-state index < -0.39 is 0 Å². The molecule has 0 saturated heterocycles. The average Bonchev–Trinajstić information content (AvgIpc) is 2.56. The minimum Gasteiger partial charge on any atom is -0.494 e. The lowest BCUT2D eigenvalue weighted by molar-refractivity contribution is -0.118. The van der Waals surface area contributed by atoms with Gasteiger partial charge in [-0.3, -0.25) is 9.59 Å². The summed E-state index contributed by atoms with van der Waals surface area (Å²) in [5.74, 6) is 1.45. The third kappa shape index (κ3) is 3.81. The Morgan fingerprint density at radius 3 is 2.83 bits per heavy atom. The molecule has 1 aromatic carbocycles. The second kappa shape index (κ2) is 6.99. The Hall–Kier alpha value is -3.09. The number of ether oxygens (including phenoxy) is 2. The Balaban J connectivity index is 1.62. The highest BCUT2D eigenvalue weighted by molar-refractivity contribution is 5.95. The van der Waals surface area contributed by atoms with Gasteiger partial charge >= 0.3 is 0 Å². The van der Waals surface area contributed by atoms with Crippen LogP contribution in [-0.4, -0.2) is 30.0 Å². The zero-order valence-corrected chi connectivity index (χ0v) is 13.2. The summed E-state index contributed by atoms with van der Waals surface area (Å²) in [5, 5.41) is 5.31. The first kappa shape index (κ1) is 15.8. The molecule has 124 valence electrons. The molecule has 2 amide bonds. The van der Waals surface area contributed by atoms with E-state index in [0.717, 1.165) is 11.3 Å². The predicted molar refractivity (Wildman–Crippen MR) is 88.3 cm³/mol. The molecule has 24 heavy (non-hydrogen) atoms. The molecule has 0 fully saturated rings. The van der Waals surface area contributed by atoms with Gasteiger partial charge in [-0.2, -0.15) is 0 Å². The van der Waals surface area contributed by atoms with Crippen molar-refractivity contribution in [2.45, 2.75) is 13.3 Å². The standard InChI is InChI=1S/C17H17N3O4/c1-2-23-12-5-3-11(4-6-12)9-15(21)18-14-8-7-13-17(19-14)20-16(22)10-24-13/h3-8H,2,9-10H2,1H3,(H2,18,19,20,21,22). The van der Waals surface area contributed by atoms with Crippen molar-refractivity contribution >= 4 is 23.5 Å². The average molecular weight is 327 g/mol. The molecule has 0 bridgehead atoms. The summed E-state index contributed by atoms with van der Waals surface area (Å²) < 4.78 is 10.6. The van der Waals surface area contributed by atoms with Gasteiger partial charge in [-0.05, 0) is 36.8 Å². The van der Waals surface area contributed by atoms with E-state index in [9.17, 15) is 9.59 Å². The summed E-state index contributed by atoms with van der Waals surface area (Å²) in [4.78, 5) is 27.6. The quantitative estimate of drug-likeness (QED) is 0.876. The van der Waals surface area contributed by atoms with Crippen LogP contribution in [0.5, 0.6) is 11.5 Å². The Morgan fingerprint density at radius 2 is 2.08 bits per heavy atom. The van der Waals surface area contributed by atoms with Crippen LogP contribution >= 0.6 is 0 Å². The largest absolute Gasteiger partial charge is 0.494 e. The number of benzene rings is 1. The number of aromatic nitrogens is 1. The number of nitrogens with one attached hydrogen (secondary N) is 2. The summed E-state index contributed by atoms with van der Waals surface area (Å²) in [6.07, 6.45) is 0.216. The van der Waals surface area contributed by atoms with Crippen molar-refractivity contribution in [3.05, 3.63) is 42.0 Å². The molecule has 1 aliphatic heterocycles. The maximum absolute atomic E-state index is 12.1. The highest BCUT2D eigenvalue weighted by Gasteiger charge is 2.18. The van der Waals surface area contributed by atoms with Crippen LogP contribution in [0.15, 0.2) is 36.4 Å². The molecule has 0 unspecified atom stereocenters. The Bertz CT molecular complexity index is 759. The van der Waals surface area contributed by atoms with Crippen LogP contribution in [0, 0.1) is 0 Å². The number of hydrogen-bond acceptors (Lipinski definition) is 5. The van der Waals surface area contributed by atoms with E-state index in [1.54, 1.807) is 12.1 Å². The number of carbonyl (C=O) groups excluding carboxylic acids is 2. The molecule has 1 aliphatic rings. The maximum atomic E-state index is 12.1. The summed E-state index contributed by atoms with van der Waals surface area (Å²) >= 11 is 0. The first-order valence-electron chi connectivity index (χ1n) is 7.59. The lowest BCUT2D eigenvalue weighted by Gasteiger charge is -2.17. The highest BCUT2D eigenvalue weighted by atomic mass is 16.5. The molecule has 0 saturated carbocycles. The zero-order chi connectivity index (χ0) is 16.9. The number of nitrogens with zero attached hydrogens (tertiary/aromatic N) is 1. The molecule has 0 spiro atoms. The van der Waals surface area contributed by atoms with Crippen LogP contribution in [0.4, 0.5) is 11.6 Å². The van der Waals surface area contributed by atoms with E-state index in [-0.39, 0.29) is 24.8 Å². The van der Waals surface area contributed by atoms with Crippen molar-refractivity contribution in [3.8, 4) is 11.5 Å². The minimum atomic E-state index is -0.270. The Kier molecular flexibility index (Phi) is 4.60. The van der Waals surface area contributed by atoms with Crippen LogP contribution in [0.2, 0.25) is 0 Å². The van der Waals surface area contributed by atoms with Gasteiger partial charge in [0.15, 0.2) is 18.2 Å². The van der Waals surface area contributed by atoms with Crippen molar-refractivity contribution in [3.63, 3.8) is 0 Å². The third-order valence-corrected chi connectivity index (χ3v) is 3.34. The molecule has 2 aromatic rings. The summed E-state index contributed by atoms with van der Waals surface area (Å²) in [5.41, 5.74) is 0.866. The second-order valence-corrected chi connectivity index (χ2v) is 5.18. The monoisotopic (exact) mass is 327 g/mol. The van der Waals surface area contributed by atoms with Crippen LogP contribution in [0.1, 0.15) is 12.5 Å². The number of pyridine rings is 1. The summed E-state index contributed by atoms with van der Waals surface area (Å²) in [6.45, 7) is 2.49. The van der Waals surface area contributed by atoms with Gasteiger partial charge in [-0.15, -0.1) is 0 Å². The lowest BCUT2D eigenvalue weighted by Crippen LogP contribution is -2.26. The fourth-order valence-electron chi connectivity index (χ4n) is 2.28. The first-order valence-corrected chi connectivity index (χ1v) is 7.59. The molecule has 2 heterocycles. The van der Waals surface area contributed by atoms with E-state index in [0.29, 0.717) is 24.0 Å². The number of anilines is 2. The molecule has 2 N–H and O–H groups in total. The first-order chi connectivity index (χ1) is 11.6. The zero-order valence-electron chi connectivity index (χ0n) is 13.2. The molecular formula is C17H17N3O4. The van der Waals surface area contributed by atoms with Gasteiger partial charge in [0.25, 0.3) is 5.91 Å². The van der Waals surface area contributed by atoms with E-state index in [1.807, 2.05) is 31.2 Å². The van der Waals surface area contributed by atoms with E-state index in [2.05, 4.69) is 15.6 Å². The van der Waals surface area contributed by atoms with Crippen molar-refractivity contribution in [2.75, 3.05) is 23.8 Å². The molecule has 0 atom stereocenters. The molecule has 0 aliphatic carbocycles. The highest BCUT2D eigenvalue weighted by Crippen LogP contribution is 2.26. The van der Waals surface area contributed by atoms with Crippen LogP contribution in [0.3, 0.4) is 0 Å². The number of rotatable bonds is 5. The van der Waals surface area contributed by atoms with Crippen molar-refractivity contribution in [2.24, 2.45) is 0 Å². The summed E-state index contributed by atoms with van der Waals surface area (Å²) in [6, 6.07) is 10.6. The van der Waals surface area contributed by atoms with Gasteiger partial charge in [0, 0.05) is 0 Å². The van der Waals surface area contributed by atoms with Crippen LogP contribution in [0.25, 0.3) is 0 Å². The molecule has 7 heteroatoms. The minimum absolute atomic E-state index is 0.0296. The molecule has 1 aromatic heterocycles. The third-order valence-electron chi connectivity index (χ3n) is 3.34. The maximum Gasteiger partial charge on any atom is 0.263 e. The fourth-order valence-corrected chi connectivity index (χ4v) is 2.28. The van der Waals surface area contributed by atoms with Crippen LogP contribution in [-0.2, 0) is 16.0 Å². The van der Waals surface area contributed by atoms with Crippen molar-refractivity contribution in [1.82, 2.24) is 4.98 Å². The van der Waals surface area contributed by atoms with Gasteiger partial charge in [0.05, 0.1) is 13.0 Å². The van der Waals surface area contributed by atoms with Gasteiger partial charge < -0.3 is 20.1 Å². The molecule has 7 nitrogen and oxygen atoms in total.